The fraction of sp³-hybridized carbons (Fsp3) is 0.278. The van der Waals surface area contributed by atoms with Gasteiger partial charge < -0.3 is 12.6 Å². The third-order valence-electron chi connectivity index (χ3n) is 2.96. The average Bonchev–Trinajstić information content (AvgIpc) is 2.63. The number of amidine groups is 1. The Bertz CT molecular complexity index is 690. The molecule has 0 aliphatic rings. The second-order valence-electron chi connectivity index (χ2n) is 5.00. The summed E-state index contributed by atoms with van der Waals surface area (Å²) in [7, 11) is 0. The molecular formula is C18H21FN4SSn+2. The number of hydrogen-bond donors (Lipinski definition) is 1. The van der Waals surface area contributed by atoms with Crippen LogP contribution in [-0.2, 0) is 12.6 Å². The Morgan fingerprint density at radius 2 is 1.96 bits per heavy atom. The normalized spacial score (nSPS) is 11.6. The van der Waals surface area contributed by atoms with Crippen LogP contribution in [0.5, 0.6) is 0 Å². The summed E-state index contributed by atoms with van der Waals surface area (Å²) in [5.74, 6) is -0.429. The molecule has 0 unspecified atom stereocenters. The van der Waals surface area contributed by atoms with Gasteiger partial charge in [0.25, 0.3) is 0 Å². The fourth-order valence-corrected chi connectivity index (χ4v) is 2.77. The molecule has 0 saturated carbocycles. The third kappa shape index (κ3) is 8.92. The Hall–Kier alpha value is -1.54. The minimum absolute atomic E-state index is 0.0883. The van der Waals surface area contributed by atoms with E-state index in [0.29, 0.717) is 5.71 Å². The van der Waals surface area contributed by atoms with Gasteiger partial charge in [-0.2, -0.15) is 5.10 Å². The van der Waals surface area contributed by atoms with Crippen LogP contribution in [0.15, 0.2) is 58.8 Å². The second-order valence-corrected chi connectivity index (χ2v) is 6.81. The summed E-state index contributed by atoms with van der Waals surface area (Å²) in [4.78, 5) is 8.09. The van der Waals surface area contributed by atoms with Crippen molar-refractivity contribution in [3.05, 3.63) is 60.2 Å². The molecule has 25 heavy (non-hydrogen) atoms. The number of hydrazone groups is 1. The zero-order valence-electron chi connectivity index (χ0n) is 14.4. The van der Waals surface area contributed by atoms with Crippen molar-refractivity contribution in [1.82, 2.24) is 10.4 Å². The number of benzene rings is 1. The van der Waals surface area contributed by atoms with E-state index in [9.17, 15) is 4.39 Å². The average molecular weight is 463 g/mol. The van der Waals surface area contributed by atoms with Crippen molar-refractivity contribution < 1.29 is 4.39 Å². The minimum atomic E-state index is -0.429. The summed E-state index contributed by atoms with van der Waals surface area (Å²) >= 11 is 6.68. The summed E-state index contributed by atoms with van der Waals surface area (Å²) in [6, 6.07) is 11.7. The zero-order chi connectivity index (χ0) is 18.5. The van der Waals surface area contributed by atoms with Crippen LogP contribution in [0.1, 0.15) is 32.4 Å². The first-order chi connectivity index (χ1) is 12.1. The van der Waals surface area contributed by atoms with Gasteiger partial charge in [0.15, 0.2) is 0 Å². The molecule has 2 aromatic rings. The van der Waals surface area contributed by atoms with Gasteiger partial charge in [-0.05, 0) is 31.2 Å². The summed E-state index contributed by atoms with van der Waals surface area (Å²) in [5.41, 5.74) is 4.17. The number of aliphatic imine (C=N–C) groups is 1. The van der Waals surface area contributed by atoms with Crippen molar-refractivity contribution in [2.75, 3.05) is 0 Å². The van der Waals surface area contributed by atoms with Gasteiger partial charge in [0.1, 0.15) is 5.82 Å². The molecule has 0 amide bonds. The molecule has 128 valence electrons. The van der Waals surface area contributed by atoms with Crippen molar-refractivity contribution in [3.63, 3.8) is 0 Å². The van der Waals surface area contributed by atoms with Crippen LogP contribution < -0.4 is 5.43 Å². The van der Waals surface area contributed by atoms with Crippen LogP contribution in [0.3, 0.4) is 0 Å². The van der Waals surface area contributed by atoms with Crippen LogP contribution in [0.2, 0.25) is 4.44 Å². The van der Waals surface area contributed by atoms with Gasteiger partial charge in [0.05, 0.1) is 17.1 Å². The Morgan fingerprint density at radius 1 is 1.24 bits per heavy atom. The van der Waals surface area contributed by atoms with E-state index in [1.807, 2.05) is 18.2 Å². The molecule has 0 saturated heterocycles. The quantitative estimate of drug-likeness (QED) is 0.239. The standard InChI is InChI=1S/C14H13FN4S.C4H9.Sn/c1-10(12-7-4-5-9-16-12)18-19-14(20)17-13-8-3-2-6-11(13)15;1-3-4-2;/h2-9H,1H3,(H2,17,19,20);1,3-4H2,2H3;/q;;+3/p-1/b18-10+;;. The van der Waals surface area contributed by atoms with Crippen molar-refractivity contribution in [2.24, 2.45) is 10.1 Å². The van der Waals surface area contributed by atoms with Crippen LogP contribution >= 0.6 is 0 Å². The van der Waals surface area contributed by atoms with Crippen LogP contribution in [0.25, 0.3) is 0 Å². The summed E-state index contributed by atoms with van der Waals surface area (Å²) < 4.78 is 14.8. The van der Waals surface area contributed by atoms with Crippen molar-refractivity contribution in [2.45, 2.75) is 31.1 Å². The second kappa shape index (κ2) is 12.8. The van der Waals surface area contributed by atoms with E-state index < -0.39 is 5.82 Å². The van der Waals surface area contributed by atoms with Gasteiger partial charge in [0.2, 0.25) is 0 Å². The van der Waals surface area contributed by atoms with Gasteiger partial charge in [-0.15, -0.1) is 0 Å². The first kappa shape index (κ1) is 21.5. The summed E-state index contributed by atoms with van der Waals surface area (Å²) in [6.45, 7) is 4.02. The molecule has 4 nitrogen and oxygen atoms in total. The molecule has 1 aromatic heterocycles. The molecule has 1 aromatic carbocycles. The topological polar surface area (TPSA) is 49.6 Å². The van der Waals surface area contributed by atoms with E-state index in [4.69, 9.17) is 12.6 Å². The van der Waals surface area contributed by atoms with Crippen molar-refractivity contribution in [1.29, 1.82) is 0 Å². The predicted molar refractivity (Wildman–Crippen MR) is 106 cm³/mol. The summed E-state index contributed by atoms with van der Waals surface area (Å²) in [6.07, 6.45) is 4.47. The fourth-order valence-electron chi connectivity index (χ4n) is 1.62. The predicted octanol–water partition coefficient (Wildman–Crippen LogP) is 4.14. The van der Waals surface area contributed by atoms with Crippen molar-refractivity contribution >= 4 is 51.7 Å². The molecular weight excluding hydrogens is 442 g/mol. The molecule has 0 fully saturated rings. The number of nitrogens with one attached hydrogen (secondary N) is 1. The molecule has 1 N–H and O–H groups in total. The first-order valence-electron chi connectivity index (χ1n) is 7.95. The van der Waals surface area contributed by atoms with Gasteiger partial charge in [0, 0.05) is 11.4 Å². The number of hydrogen-bond acceptors (Lipinski definition) is 4. The number of unbranched alkanes of at least 4 members (excludes halogenated alkanes) is 1. The molecule has 0 bridgehead atoms. The van der Waals surface area contributed by atoms with Crippen LogP contribution in [0.4, 0.5) is 10.1 Å². The number of aromatic nitrogens is 1. The number of halogens is 1. The molecule has 0 aliphatic heterocycles. The van der Waals surface area contributed by atoms with Gasteiger partial charge in [-0.25, -0.2) is 4.39 Å². The Balaban J connectivity index is 0.000000550. The molecule has 1 heterocycles. The van der Waals surface area contributed by atoms with E-state index in [2.05, 4.69) is 27.4 Å². The molecule has 0 aliphatic carbocycles. The van der Waals surface area contributed by atoms with Gasteiger partial charge in [-0.3, -0.25) is 15.4 Å². The number of para-hydroxylation sites is 1. The zero-order valence-corrected chi connectivity index (χ0v) is 18.0. The summed E-state index contributed by atoms with van der Waals surface area (Å²) in [5, 5.41) is 4.16. The number of rotatable bonds is 5. The molecule has 0 radical (unpaired) electrons. The SMILES string of the molecule is C/C(=N\NC([S-])=Nc1ccccc1F)c1ccccn1.CCC[CH2][Sn+3]. The van der Waals surface area contributed by atoms with E-state index in [-0.39, 0.29) is 10.9 Å². The monoisotopic (exact) mass is 464 g/mol. The van der Waals surface area contributed by atoms with Crippen LogP contribution in [0, 0.1) is 5.82 Å². The molecule has 7 heteroatoms. The Labute approximate surface area is 167 Å². The van der Waals surface area contributed by atoms with Gasteiger partial charge in [-0.1, -0.05) is 18.2 Å². The van der Waals surface area contributed by atoms with Gasteiger partial charge >= 0.3 is 46.7 Å². The molecule has 2 rings (SSSR count). The first-order valence-corrected chi connectivity index (χ1v) is 10.4. The van der Waals surface area contributed by atoms with E-state index in [0.717, 1.165) is 5.69 Å². The van der Waals surface area contributed by atoms with Crippen LogP contribution in [-0.4, -0.2) is 38.4 Å². The van der Waals surface area contributed by atoms with E-state index in [1.54, 1.807) is 53.8 Å². The molecule has 0 atom stereocenters. The maximum absolute atomic E-state index is 13.4. The Kier molecular flexibility index (Phi) is 11.0. The maximum atomic E-state index is 13.4. The third-order valence-corrected chi connectivity index (χ3v) is 4.15. The molecule has 0 spiro atoms. The van der Waals surface area contributed by atoms with E-state index >= 15 is 0 Å². The van der Waals surface area contributed by atoms with Crippen molar-refractivity contribution in [3.8, 4) is 0 Å². The number of pyridine rings is 1. The number of nitrogens with zero attached hydrogens (tertiary/aromatic N) is 3. The Morgan fingerprint density at radius 3 is 2.52 bits per heavy atom. The van der Waals surface area contributed by atoms with E-state index in [1.165, 1.54) is 23.3 Å².